The van der Waals surface area contributed by atoms with E-state index < -0.39 is 0 Å². The second-order valence-electron chi connectivity index (χ2n) is 3.55. The van der Waals surface area contributed by atoms with E-state index in [4.69, 9.17) is 11.0 Å². The van der Waals surface area contributed by atoms with Gasteiger partial charge >= 0.3 is 0 Å². The topological polar surface area (TPSA) is 61.8 Å². The van der Waals surface area contributed by atoms with Crippen molar-refractivity contribution in [3.8, 4) is 6.07 Å². The van der Waals surface area contributed by atoms with Crippen LogP contribution in [0.4, 0.5) is 17.1 Å². The van der Waals surface area contributed by atoms with Gasteiger partial charge in [0.05, 0.1) is 23.0 Å². The van der Waals surface area contributed by atoms with E-state index >= 15 is 0 Å². The van der Waals surface area contributed by atoms with E-state index in [2.05, 4.69) is 34.0 Å². The first-order valence-electron chi connectivity index (χ1n) is 5.01. The van der Waals surface area contributed by atoms with Crippen molar-refractivity contribution < 1.29 is 0 Å². The summed E-state index contributed by atoms with van der Waals surface area (Å²) < 4.78 is 1.18. The Morgan fingerprint density at radius 3 is 2.41 bits per heavy atom. The van der Waals surface area contributed by atoms with Crippen LogP contribution in [0.25, 0.3) is 0 Å². The minimum absolute atomic E-state index is 0.565. The Kier molecular flexibility index (Phi) is 3.49. The summed E-state index contributed by atoms with van der Waals surface area (Å²) in [7, 11) is 0. The van der Waals surface area contributed by atoms with Gasteiger partial charge in [-0.1, -0.05) is 0 Å². The zero-order valence-corrected chi connectivity index (χ0v) is 11.1. The molecule has 0 saturated heterocycles. The highest BCUT2D eigenvalue weighted by Crippen LogP contribution is 2.24. The molecule has 0 heterocycles. The first-order valence-corrected chi connectivity index (χ1v) is 6.09. The molecule has 0 aliphatic rings. The number of rotatable bonds is 2. The Morgan fingerprint density at radius 2 is 1.82 bits per heavy atom. The smallest absolute Gasteiger partial charge is 0.0992 e. The second kappa shape index (κ2) is 5.06. The molecule has 2 rings (SSSR count). The molecule has 3 N–H and O–H groups in total. The maximum Gasteiger partial charge on any atom is 0.0992 e. The molecule has 4 heteroatoms. The summed E-state index contributed by atoms with van der Waals surface area (Å²) in [5.41, 5.74) is 8.78. The maximum atomic E-state index is 8.75. The highest BCUT2D eigenvalue weighted by Gasteiger charge is 2.01. The number of hydrogen-bond acceptors (Lipinski definition) is 3. The SMILES string of the molecule is N#Cc1ccc(Nc2ccc(I)cc2)c(N)c1. The lowest BCUT2D eigenvalue weighted by Crippen LogP contribution is -1.96. The van der Waals surface area contributed by atoms with Crippen molar-refractivity contribution in [1.82, 2.24) is 0 Å². The largest absolute Gasteiger partial charge is 0.397 e. The Bertz CT molecular complexity index is 570. The number of hydrogen-bond donors (Lipinski definition) is 2. The van der Waals surface area contributed by atoms with E-state index in [1.54, 1.807) is 12.1 Å². The minimum Gasteiger partial charge on any atom is -0.397 e. The molecule has 2 aromatic carbocycles. The van der Waals surface area contributed by atoms with Gasteiger partial charge in [-0.2, -0.15) is 5.26 Å². The zero-order valence-electron chi connectivity index (χ0n) is 8.94. The summed E-state index contributed by atoms with van der Waals surface area (Å²) in [5, 5.41) is 12.0. The molecule has 0 aromatic heterocycles. The summed E-state index contributed by atoms with van der Waals surface area (Å²) in [6.45, 7) is 0. The van der Waals surface area contributed by atoms with Gasteiger partial charge in [-0.3, -0.25) is 0 Å². The molecule has 0 bridgehead atoms. The highest BCUT2D eigenvalue weighted by molar-refractivity contribution is 14.1. The number of nitrogen functional groups attached to an aromatic ring is 1. The van der Waals surface area contributed by atoms with Crippen molar-refractivity contribution >= 4 is 39.7 Å². The van der Waals surface area contributed by atoms with Crippen molar-refractivity contribution in [3.05, 3.63) is 51.6 Å². The Balaban J connectivity index is 2.25. The molecule has 17 heavy (non-hydrogen) atoms. The predicted molar refractivity (Wildman–Crippen MR) is 78.0 cm³/mol. The highest BCUT2D eigenvalue weighted by atomic mass is 127. The Morgan fingerprint density at radius 1 is 1.12 bits per heavy atom. The quantitative estimate of drug-likeness (QED) is 0.652. The van der Waals surface area contributed by atoms with Gasteiger partial charge in [-0.05, 0) is 65.1 Å². The van der Waals surface area contributed by atoms with Crippen LogP contribution in [0.2, 0.25) is 0 Å². The fraction of sp³-hybridized carbons (Fsp3) is 0. The maximum absolute atomic E-state index is 8.75. The number of nitriles is 1. The van der Waals surface area contributed by atoms with E-state index in [1.165, 1.54) is 3.57 Å². The lowest BCUT2D eigenvalue weighted by Gasteiger charge is -2.09. The zero-order chi connectivity index (χ0) is 12.3. The van der Waals surface area contributed by atoms with Crippen molar-refractivity contribution in [3.63, 3.8) is 0 Å². The van der Waals surface area contributed by atoms with Gasteiger partial charge in [0.1, 0.15) is 0 Å². The molecule has 0 aliphatic carbocycles. The van der Waals surface area contributed by atoms with E-state index in [-0.39, 0.29) is 0 Å². The molecule has 3 nitrogen and oxygen atoms in total. The van der Waals surface area contributed by atoms with Crippen LogP contribution in [-0.2, 0) is 0 Å². The summed E-state index contributed by atoms with van der Waals surface area (Å²) in [4.78, 5) is 0. The Labute approximate surface area is 113 Å². The van der Waals surface area contributed by atoms with Gasteiger partial charge in [0.2, 0.25) is 0 Å². The van der Waals surface area contributed by atoms with Crippen LogP contribution >= 0.6 is 22.6 Å². The van der Waals surface area contributed by atoms with E-state index in [0.717, 1.165) is 11.4 Å². The van der Waals surface area contributed by atoms with Gasteiger partial charge in [-0.25, -0.2) is 0 Å². The molecule has 0 atom stereocenters. The van der Waals surface area contributed by atoms with Crippen molar-refractivity contribution in [2.45, 2.75) is 0 Å². The van der Waals surface area contributed by atoms with Crippen molar-refractivity contribution in [2.75, 3.05) is 11.1 Å². The summed E-state index contributed by atoms with van der Waals surface area (Å²) in [6, 6.07) is 15.3. The standard InChI is InChI=1S/C13H10IN3/c14-10-2-4-11(5-3-10)17-13-6-1-9(8-15)7-12(13)16/h1-7,17H,16H2. The van der Waals surface area contributed by atoms with Gasteiger partial charge in [0.25, 0.3) is 0 Å². The van der Waals surface area contributed by atoms with Crippen molar-refractivity contribution in [1.29, 1.82) is 5.26 Å². The van der Waals surface area contributed by atoms with Crippen LogP contribution < -0.4 is 11.1 Å². The lowest BCUT2D eigenvalue weighted by atomic mass is 10.2. The summed E-state index contributed by atoms with van der Waals surface area (Å²) in [6.07, 6.45) is 0. The molecule has 0 aliphatic heterocycles. The fourth-order valence-electron chi connectivity index (χ4n) is 1.43. The Hall–Kier alpha value is -1.74. The third kappa shape index (κ3) is 2.88. The first kappa shape index (κ1) is 11.7. The molecule has 84 valence electrons. The van der Waals surface area contributed by atoms with E-state index in [1.807, 2.05) is 30.3 Å². The third-order valence-corrected chi connectivity index (χ3v) is 3.02. The fourth-order valence-corrected chi connectivity index (χ4v) is 1.79. The third-order valence-electron chi connectivity index (χ3n) is 2.30. The first-order chi connectivity index (χ1) is 8.19. The molecule has 0 spiro atoms. The van der Waals surface area contributed by atoms with Gasteiger partial charge in [0, 0.05) is 9.26 Å². The number of benzene rings is 2. The lowest BCUT2D eigenvalue weighted by molar-refractivity contribution is 1.47. The van der Waals surface area contributed by atoms with Crippen LogP contribution in [0.1, 0.15) is 5.56 Å². The molecule has 0 unspecified atom stereocenters. The summed E-state index contributed by atoms with van der Waals surface area (Å²) in [5.74, 6) is 0. The molecule has 0 radical (unpaired) electrons. The monoisotopic (exact) mass is 335 g/mol. The molecule has 0 fully saturated rings. The van der Waals surface area contributed by atoms with Crippen LogP contribution in [0.3, 0.4) is 0 Å². The predicted octanol–water partition coefficient (Wildman–Crippen LogP) is 3.49. The second-order valence-corrected chi connectivity index (χ2v) is 4.79. The number of nitrogens with zero attached hydrogens (tertiary/aromatic N) is 1. The van der Waals surface area contributed by atoms with E-state index in [0.29, 0.717) is 11.3 Å². The van der Waals surface area contributed by atoms with Crippen LogP contribution in [-0.4, -0.2) is 0 Å². The van der Waals surface area contributed by atoms with E-state index in [9.17, 15) is 0 Å². The summed E-state index contributed by atoms with van der Waals surface area (Å²) >= 11 is 2.25. The molecule has 2 aromatic rings. The minimum atomic E-state index is 0.565. The van der Waals surface area contributed by atoms with Gasteiger partial charge in [-0.15, -0.1) is 0 Å². The molecule has 0 saturated carbocycles. The number of anilines is 3. The van der Waals surface area contributed by atoms with Crippen LogP contribution in [0, 0.1) is 14.9 Å². The number of halogens is 1. The van der Waals surface area contributed by atoms with Crippen LogP contribution in [0.15, 0.2) is 42.5 Å². The average molecular weight is 335 g/mol. The number of nitrogens with two attached hydrogens (primary N) is 1. The molecule has 0 amide bonds. The van der Waals surface area contributed by atoms with Crippen LogP contribution in [0.5, 0.6) is 0 Å². The van der Waals surface area contributed by atoms with Gasteiger partial charge < -0.3 is 11.1 Å². The normalized spacial score (nSPS) is 9.65. The van der Waals surface area contributed by atoms with Crippen molar-refractivity contribution in [2.24, 2.45) is 0 Å². The van der Waals surface area contributed by atoms with Gasteiger partial charge in [0.15, 0.2) is 0 Å². The molecular formula is C13H10IN3. The molecular weight excluding hydrogens is 325 g/mol. The number of nitrogens with one attached hydrogen (secondary N) is 1. The average Bonchev–Trinajstić information content (AvgIpc) is 2.34.